The quantitative estimate of drug-likeness (QED) is 0.631. The van der Waals surface area contributed by atoms with Crippen molar-refractivity contribution >= 4 is 40.5 Å². The molecule has 1 aromatic heterocycles. The number of alkyl halides is 2. The Hall–Kier alpha value is -0.320. The van der Waals surface area contributed by atoms with Crippen molar-refractivity contribution < 1.29 is 9.53 Å². The van der Waals surface area contributed by atoms with E-state index in [1.54, 1.807) is 18.3 Å². The monoisotopic (exact) mass is 293 g/mol. The Balaban J connectivity index is 1.89. The summed E-state index contributed by atoms with van der Waals surface area (Å²) in [5.41, 5.74) is 0.0129. The Morgan fingerprint density at radius 2 is 2.29 bits per heavy atom. The molecular formula is C11H13Cl2NO2S. The number of hydrogen-bond donors (Lipinski definition) is 0. The van der Waals surface area contributed by atoms with Gasteiger partial charge in [-0.25, -0.2) is 4.98 Å². The molecule has 1 fully saturated rings. The molecule has 17 heavy (non-hydrogen) atoms. The van der Waals surface area contributed by atoms with Crippen LogP contribution in [0.1, 0.15) is 31.0 Å². The Morgan fingerprint density at radius 3 is 2.76 bits per heavy atom. The van der Waals surface area contributed by atoms with E-state index in [1.807, 2.05) is 12.3 Å². The molecule has 6 heteroatoms. The smallest absolute Gasteiger partial charge is 0.315 e. The summed E-state index contributed by atoms with van der Waals surface area (Å²) in [4.78, 5) is 16.1. The molecule has 1 heterocycles. The van der Waals surface area contributed by atoms with Crippen LogP contribution in [0, 0.1) is 5.41 Å². The average Bonchev–Trinajstić information content (AvgIpc) is 2.68. The SMILES string of the molecule is CCc1nc(COC(=O)C2(C)CC2(Cl)Cl)cs1. The van der Waals surface area contributed by atoms with Crippen LogP contribution in [-0.4, -0.2) is 15.3 Å². The van der Waals surface area contributed by atoms with E-state index in [0.717, 1.165) is 17.1 Å². The van der Waals surface area contributed by atoms with E-state index in [-0.39, 0.29) is 12.6 Å². The number of nitrogens with zero attached hydrogens (tertiary/aromatic N) is 1. The number of thiazole rings is 1. The van der Waals surface area contributed by atoms with Crippen molar-refractivity contribution in [2.75, 3.05) is 0 Å². The molecule has 3 nitrogen and oxygen atoms in total. The van der Waals surface area contributed by atoms with Crippen molar-refractivity contribution in [2.45, 2.75) is 37.6 Å². The van der Waals surface area contributed by atoms with Crippen molar-refractivity contribution in [3.8, 4) is 0 Å². The third-order valence-electron chi connectivity index (χ3n) is 2.96. The first-order valence-electron chi connectivity index (χ1n) is 5.37. The van der Waals surface area contributed by atoms with Crippen LogP contribution in [0.3, 0.4) is 0 Å². The lowest BCUT2D eigenvalue weighted by atomic mass is 10.1. The highest BCUT2D eigenvalue weighted by Gasteiger charge is 2.69. The summed E-state index contributed by atoms with van der Waals surface area (Å²) < 4.78 is 4.21. The number of rotatable bonds is 4. The summed E-state index contributed by atoms with van der Waals surface area (Å²) in [5, 5.41) is 2.94. The minimum Gasteiger partial charge on any atom is -0.459 e. The molecular weight excluding hydrogens is 281 g/mol. The second-order valence-corrected chi connectivity index (χ2v) is 6.80. The fourth-order valence-corrected chi connectivity index (χ4v) is 2.92. The number of carbonyl (C=O) groups is 1. The lowest BCUT2D eigenvalue weighted by molar-refractivity contribution is -0.151. The van der Waals surface area contributed by atoms with Gasteiger partial charge in [0.15, 0.2) is 0 Å². The molecule has 0 aromatic carbocycles. The molecule has 1 saturated carbocycles. The molecule has 1 aliphatic carbocycles. The van der Waals surface area contributed by atoms with E-state index in [0.29, 0.717) is 6.42 Å². The molecule has 2 rings (SSSR count). The van der Waals surface area contributed by atoms with Gasteiger partial charge >= 0.3 is 5.97 Å². The van der Waals surface area contributed by atoms with E-state index < -0.39 is 9.75 Å². The highest BCUT2D eigenvalue weighted by atomic mass is 35.5. The maximum Gasteiger partial charge on any atom is 0.315 e. The topological polar surface area (TPSA) is 39.2 Å². The van der Waals surface area contributed by atoms with Crippen LogP contribution in [0.15, 0.2) is 5.38 Å². The summed E-state index contributed by atoms with van der Waals surface area (Å²) in [7, 11) is 0. The predicted molar refractivity (Wildman–Crippen MR) is 68.4 cm³/mol. The van der Waals surface area contributed by atoms with Gasteiger partial charge in [-0.2, -0.15) is 0 Å². The predicted octanol–water partition coefficient (Wildman–Crippen LogP) is 3.33. The van der Waals surface area contributed by atoms with Gasteiger partial charge in [-0.15, -0.1) is 34.5 Å². The molecule has 0 radical (unpaired) electrons. The summed E-state index contributed by atoms with van der Waals surface area (Å²) in [5.74, 6) is -0.353. The summed E-state index contributed by atoms with van der Waals surface area (Å²) in [6.45, 7) is 3.94. The van der Waals surface area contributed by atoms with Crippen LogP contribution < -0.4 is 0 Å². The maximum atomic E-state index is 11.8. The second kappa shape index (κ2) is 4.41. The fraction of sp³-hybridized carbons (Fsp3) is 0.636. The van der Waals surface area contributed by atoms with Gasteiger partial charge in [0.1, 0.15) is 16.4 Å². The van der Waals surface area contributed by atoms with Crippen molar-refractivity contribution in [3.63, 3.8) is 0 Å². The lowest BCUT2D eigenvalue weighted by Gasteiger charge is -2.10. The molecule has 0 bridgehead atoms. The number of aryl methyl sites for hydroxylation is 1. The summed E-state index contributed by atoms with van der Waals surface area (Å²) in [6, 6.07) is 0. The third-order valence-corrected chi connectivity index (χ3v) is 5.10. The number of carbonyl (C=O) groups excluding carboxylic acids is 1. The fourth-order valence-electron chi connectivity index (χ4n) is 1.50. The first kappa shape index (κ1) is 13.1. The van der Waals surface area contributed by atoms with Gasteiger partial charge in [0.2, 0.25) is 0 Å². The maximum absolute atomic E-state index is 11.8. The van der Waals surface area contributed by atoms with Crippen LogP contribution in [-0.2, 0) is 22.6 Å². The molecule has 0 saturated heterocycles. The summed E-state index contributed by atoms with van der Waals surface area (Å²) >= 11 is 13.4. The van der Waals surface area contributed by atoms with Crippen molar-refractivity contribution in [3.05, 3.63) is 16.1 Å². The van der Waals surface area contributed by atoms with Gasteiger partial charge in [-0.1, -0.05) is 6.92 Å². The largest absolute Gasteiger partial charge is 0.459 e. The average molecular weight is 294 g/mol. The zero-order chi connectivity index (χ0) is 12.7. The van der Waals surface area contributed by atoms with Crippen LogP contribution >= 0.6 is 34.5 Å². The molecule has 1 aliphatic rings. The Morgan fingerprint density at radius 1 is 1.65 bits per heavy atom. The molecule has 0 spiro atoms. The van der Waals surface area contributed by atoms with E-state index in [1.165, 1.54) is 0 Å². The van der Waals surface area contributed by atoms with Gasteiger partial charge in [0.25, 0.3) is 0 Å². The van der Waals surface area contributed by atoms with E-state index in [4.69, 9.17) is 27.9 Å². The van der Waals surface area contributed by atoms with Crippen LogP contribution in [0.2, 0.25) is 0 Å². The molecule has 0 aliphatic heterocycles. The highest BCUT2D eigenvalue weighted by molar-refractivity contribution is 7.09. The normalized spacial score (nSPS) is 25.6. The van der Waals surface area contributed by atoms with Crippen LogP contribution in [0.25, 0.3) is 0 Å². The van der Waals surface area contributed by atoms with Crippen molar-refractivity contribution in [1.82, 2.24) is 4.98 Å². The number of esters is 1. The zero-order valence-corrected chi connectivity index (χ0v) is 12.0. The Bertz CT molecular complexity index is 446. The number of aromatic nitrogens is 1. The summed E-state index contributed by atoms with van der Waals surface area (Å²) in [6.07, 6.45) is 1.34. The number of ether oxygens (including phenoxy) is 1. The number of hydrogen-bond acceptors (Lipinski definition) is 4. The van der Waals surface area contributed by atoms with Crippen LogP contribution in [0.4, 0.5) is 0 Å². The Labute approximate surface area is 114 Å². The van der Waals surface area contributed by atoms with E-state index in [2.05, 4.69) is 4.98 Å². The highest BCUT2D eigenvalue weighted by Crippen LogP contribution is 2.64. The van der Waals surface area contributed by atoms with Gasteiger partial charge in [0, 0.05) is 11.8 Å². The standard InChI is InChI=1S/C11H13Cl2NO2S/c1-3-8-14-7(5-17-8)4-16-9(15)10(2)6-11(10,12)13/h5H,3-4,6H2,1-2H3. The molecule has 0 N–H and O–H groups in total. The molecule has 1 aromatic rings. The lowest BCUT2D eigenvalue weighted by Crippen LogP contribution is -2.21. The third kappa shape index (κ3) is 2.44. The molecule has 1 unspecified atom stereocenters. The van der Waals surface area contributed by atoms with Crippen molar-refractivity contribution in [2.24, 2.45) is 5.41 Å². The number of halogens is 2. The molecule has 94 valence electrons. The Kier molecular flexibility index (Phi) is 3.40. The van der Waals surface area contributed by atoms with Gasteiger partial charge in [-0.05, 0) is 13.3 Å². The van der Waals surface area contributed by atoms with E-state index in [9.17, 15) is 4.79 Å². The van der Waals surface area contributed by atoms with Gasteiger partial charge in [0.05, 0.1) is 10.7 Å². The molecule has 0 amide bonds. The first-order valence-corrected chi connectivity index (χ1v) is 7.01. The molecule has 1 atom stereocenters. The minimum absolute atomic E-state index is 0.189. The first-order chi connectivity index (χ1) is 7.89. The zero-order valence-electron chi connectivity index (χ0n) is 9.63. The van der Waals surface area contributed by atoms with Gasteiger partial charge < -0.3 is 4.74 Å². The van der Waals surface area contributed by atoms with Gasteiger partial charge in [-0.3, -0.25) is 4.79 Å². The second-order valence-electron chi connectivity index (χ2n) is 4.38. The minimum atomic E-state index is -0.971. The van der Waals surface area contributed by atoms with E-state index >= 15 is 0 Å². The van der Waals surface area contributed by atoms with Crippen molar-refractivity contribution in [1.29, 1.82) is 0 Å². The van der Waals surface area contributed by atoms with Crippen LogP contribution in [0.5, 0.6) is 0 Å².